The van der Waals surface area contributed by atoms with Crippen LogP contribution in [-0.4, -0.2) is 28.3 Å². The predicted molar refractivity (Wildman–Crippen MR) is 129 cm³/mol. The van der Waals surface area contributed by atoms with Crippen molar-refractivity contribution in [2.75, 3.05) is 0 Å². The fraction of sp³-hybridized carbons (Fsp3) is 0.185. The lowest BCUT2D eigenvalue weighted by atomic mass is 9.96. The zero-order chi connectivity index (χ0) is 23.5. The van der Waals surface area contributed by atoms with E-state index in [9.17, 15) is 14.4 Å². The minimum atomic E-state index is -0.595. The molecular formula is C27H24N2O4. The molecule has 4 aromatic rings. The maximum absolute atomic E-state index is 13.3. The molecule has 0 spiro atoms. The van der Waals surface area contributed by atoms with E-state index in [0.717, 1.165) is 46.5 Å². The Kier molecular flexibility index (Phi) is 6.18. The molecular weight excluding hydrogens is 416 g/mol. The summed E-state index contributed by atoms with van der Waals surface area (Å²) in [6.07, 6.45) is 1.76. The molecule has 4 rings (SSSR count). The maximum Gasteiger partial charge on any atom is 0.331 e. The van der Waals surface area contributed by atoms with E-state index in [0.29, 0.717) is 16.7 Å². The molecule has 3 aromatic carbocycles. The summed E-state index contributed by atoms with van der Waals surface area (Å²) in [5, 5.41) is 5.20. The summed E-state index contributed by atoms with van der Waals surface area (Å²) in [5.41, 5.74) is 4.70. The van der Waals surface area contributed by atoms with E-state index < -0.39 is 5.97 Å². The van der Waals surface area contributed by atoms with E-state index >= 15 is 0 Å². The summed E-state index contributed by atoms with van der Waals surface area (Å²) in [6, 6.07) is 18.8. The number of aromatic nitrogens is 1. The second-order valence-corrected chi connectivity index (χ2v) is 7.73. The van der Waals surface area contributed by atoms with Crippen LogP contribution < -0.4 is 0 Å². The summed E-state index contributed by atoms with van der Waals surface area (Å²) in [7, 11) is 0. The largest absolute Gasteiger partial charge is 0.341 e. The molecule has 0 aliphatic rings. The van der Waals surface area contributed by atoms with Crippen LogP contribution in [0.4, 0.5) is 0 Å². The molecule has 0 saturated heterocycles. The Bertz CT molecular complexity index is 1430. The molecule has 33 heavy (non-hydrogen) atoms. The highest BCUT2D eigenvalue weighted by molar-refractivity contribution is 6.36. The second kappa shape index (κ2) is 9.20. The zero-order valence-corrected chi connectivity index (χ0v) is 18.8. The molecule has 0 amide bonds. The van der Waals surface area contributed by atoms with Gasteiger partial charge in [0.25, 0.3) is 0 Å². The molecule has 0 unspecified atom stereocenters. The summed E-state index contributed by atoms with van der Waals surface area (Å²) in [6.45, 7) is 6.05. The van der Waals surface area contributed by atoms with Crippen molar-refractivity contribution in [2.24, 2.45) is 5.16 Å². The van der Waals surface area contributed by atoms with Gasteiger partial charge in [-0.2, -0.15) is 0 Å². The highest BCUT2D eigenvalue weighted by atomic mass is 16.7. The van der Waals surface area contributed by atoms with Gasteiger partial charge in [0.05, 0.1) is 0 Å². The molecule has 1 aromatic heterocycles. The summed E-state index contributed by atoms with van der Waals surface area (Å²) in [5.74, 6) is -0.991. The van der Waals surface area contributed by atoms with Crippen molar-refractivity contribution in [3.8, 4) is 0 Å². The fourth-order valence-corrected chi connectivity index (χ4v) is 4.17. The van der Waals surface area contributed by atoms with Crippen LogP contribution in [0.2, 0.25) is 0 Å². The van der Waals surface area contributed by atoms with Crippen LogP contribution in [0.25, 0.3) is 21.8 Å². The van der Waals surface area contributed by atoms with Gasteiger partial charge < -0.3 is 9.40 Å². The third-order valence-corrected chi connectivity index (χ3v) is 5.72. The fourth-order valence-electron chi connectivity index (χ4n) is 4.17. The second-order valence-electron chi connectivity index (χ2n) is 7.73. The lowest BCUT2D eigenvalue weighted by Gasteiger charge is -2.07. The molecule has 0 atom stereocenters. The number of rotatable bonds is 7. The Morgan fingerprint density at radius 1 is 0.909 bits per heavy atom. The summed E-state index contributed by atoms with van der Waals surface area (Å²) in [4.78, 5) is 41.2. The average molecular weight is 440 g/mol. The number of aryl methyl sites for hydroxylation is 2. The number of carbonyl (C=O) groups is 3. The van der Waals surface area contributed by atoms with Crippen molar-refractivity contribution in [1.82, 2.24) is 4.57 Å². The topological polar surface area (TPSA) is 77.7 Å². The Morgan fingerprint density at radius 2 is 1.55 bits per heavy atom. The molecule has 0 bridgehead atoms. The standard InChI is InChI=1S/C27H24N2O4/c1-4-18-8-6-7-9-21(18)27(32)20-11-13-25-23(15-20)22-14-19(10-12-24(22)29(25)5-2)26(31)16-28-33-17(3)30/h6-16H,4-5H2,1-3H3. The van der Waals surface area contributed by atoms with E-state index in [1.807, 2.05) is 55.5 Å². The van der Waals surface area contributed by atoms with Crippen LogP contribution in [-0.2, 0) is 22.6 Å². The van der Waals surface area contributed by atoms with Gasteiger partial charge in [0.2, 0.25) is 5.78 Å². The third kappa shape index (κ3) is 4.20. The van der Waals surface area contributed by atoms with Crippen LogP contribution in [0, 0.1) is 0 Å². The molecule has 6 nitrogen and oxygen atoms in total. The van der Waals surface area contributed by atoms with E-state index in [2.05, 4.69) is 21.5 Å². The lowest BCUT2D eigenvalue weighted by molar-refractivity contribution is -0.140. The number of carbonyl (C=O) groups excluding carboxylic acids is 3. The van der Waals surface area contributed by atoms with Crippen molar-refractivity contribution >= 4 is 45.6 Å². The Balaban J connectivity index is 1.83. The molecule has 0 N–H and O–H groups in total. The van der Waals surface area contributed by atoms with Crippen molar-refractivity contribution in [2.45, 2.75) is 33.7 Å². The number of ketones is 2. The quantitative estimate of drug-likeness (QED) is 0.168. The molecule has 166 valence electrons. The molecule has 6 heteroatoms. The van der Waals surface area contributed by atoms with Gasteiger partial charge in [-0.1, -0.05) is 36.3 Å². The molecule has 0 fully saturated rings. The Hall–Kier alpha value is -4.06. The van der Waals surface area contributed by atoms with Crippen molar-refractivity contribution in [3.05, 3.63) is 82.9 Å². The Labute approximate surface area is 191 Å². The van der Waals surface area contributed by atoms with E-state index in [1.54, 1.807) is 12.1 Å². The van der Waals surface area contributed by atoms with Crippen molar-refractivity contribution < 1.29 is 19.2 Å². The molecule has 0 aliphatic carbocycles. The number of hydrogen-bond acceptors (Lipinski definition) is 5. The van der Waals surface area contributed by atoms with Crippen LogP contribution in [0.15, 0.2) is 65.8 Å². The monoisotopic (exact) mass is 440 g/mol. The number of Topliss-reactive ketones (excluding diaryl/α,β-unsaturated/α-hetero) is 1. The van der Waals surface area contributed by atoms with E-state index in [-0.39, 0.29) is 11.6 Å². The van der Waals surface area contributed by atoms with Gasteiger partial charge in [0.1, 0.15) is 6.21 Å². The van der Waals surface area contributed by atoms with Gasteiger partial charge >= 0.3 is 5.97 Å². The van der Waals surface area contributed by atoms with Crippen LogP contribution in [0.5, 0.6) is 0 Å². The third-order valence-electron chi connectivity index (χ3n) is 5.72. The van der Waals surface area contributed by atoms with E-state index in [1.165, 1.54) is 6.92 Å². The summed E-state index contributed by atoms with van der Waals surface area (Å²) >= 11 is 0. The first-order valence-electron chi connectivity index (χ1n) is 10.9. The zero-order valence-electron chi connectivity index (χ0n) is 18.8. The normalized spacial score (nSPS) is 11.4. The number of benzene rings is 3. The van der Waals surface area contributed by atoms with Gasteiger partial charge in [-0.25, -0.2) is 4.79 Å². The van der Waals surface area contributed by atoms with E-state index in [4.69, 9.17) is 0 Å². The minimum absolute atomic E-state index is 0.0208. The molecule has 0 saturated carbocycles. The van der Waals surface area contributed by atoms with Gasteiger partial charge in [0, 0.05) is 52.0 Å². The number of oxime groups is 1. The number of fused-ring (bicyclic) bond motifs is 3. The predicted octanol–water partition coefficient (Wildman–Crippen LogP) is 5.34. The maximum atomic E-state index is 13.3. The van der Waals surface area contributed by atoms with Crippen molar-refractivity contribution in [1.29, 1.82) is 0 Å². The summed E-state index contributed by atoms with van der Waals surface area (Å²) < 4.78 is 2.15. The SMILES string of the molecule is CCc1ccccc1C(=O)c1ccc2c(c1)c1cc(C(=O)C=NOC(C)=O)ccc1n2CC. The average Bonchev–Trinajstić information content (AvgIpc) is 3.15. The van der Waals surface area contributed by atoms with Crippen molar-refractivity contribution in [3.63, 3.8) is 0 Å². The first-order valence-corrected chi connectivity index (χ1v) is 10.9. The highest BCUT2D eigenvalue weighted by Gasteiger charge is 2.17. The molecule has 0 radical (unpaired) electrons. The minimum Gasteiger partial charge on any atom is -0.341 e. The number of hydrogen-bond donors (Lipinski definition) is 0. The highest BCUT2D eigenvalue weighted by Crippen LogP contribution is 2.31. The van der Waals surface area contributed by atoms with Crippen LogP contribution >= 0.6 is 0 Å². The van der Waals surface area contributed by atoms with Gasteiger partial charge in [-0.05, 0) is 55.3 Å². The Morgan fingerprint density at radius 3 is 2.18 bits per heavy atom. The number of nitrogens with zero attached hydrogens (tertiary/aromatic N) is 2. The van der Waals surface area contributed by atoms with Crippen LogP contribution in [0.3, 0.4) is 0 Å². The van der Waals surface area contributed by atoms with Gasteiger partial charge in [0.15, 0.2) is 5.78 Å². The first-order chi connectivity index (χ1) is 15.9. The smallest absolute Gasteiger partial charge is 0.331 e. The first kappa shape index (κ1) is 22.1. The van der Waals surface area contributed by atoms with Gasteiger partial charge in [-0.3, -0.25) is 9.59 Å². The lowest BCUT2D eigenvalue weighted by Crippen LogP contribution is -2.05. The molecule has 0 aliphatic heterocycles. The van der Waals surface area contributed by atoms with Gasteiger partial charge in [-0.15, -0.1) is 0 Å². The molecule has 1 heterocycles. The van der Waals surface area contributed by atoms with Crippen LogP contribution in [0.1, 0.15) is 52.6 Å².